The van der Waals surface area contributed by atoms with Gasteiger partial charge in [-0.15, -0.1) is 0 Å². The largest absolute Gasteiger partial charge is 0.507 e. The minimum atomic E-state index is 0.138. The van der Waals surface area contributed by atoms with Crippen molar-refractivity contribution in [3.05, 3.63) is 42.3 Å². The van der Waals surface area contributed by atoms with E-state index in [1.54, 1.807) is 19.1 Å². The van der Waals surface area contributed by atoms with Crippen LogP contribution in [0.25, 0.3) is 33.4 Å². The van der Waals surface area contributed by atoms with Crippen LogP contribution >= 0.6 is 0 Å². The molecular formula is C24H25N5O2. The Hall–Kier alpha value is -3.19. The first-order chi connectivity index (χ1) is 15.1. The molecular weight excluding hydrogens is 390 g/mol. The molecule has 1 aromatic carbocycles. The minimum absolute atomic E-state index is 0.138. The summed E-state index contributed by atoms with van der Waals surface area (Å²) < 4.78 is 5.62. The fourth-order valence-electron chi connectivity index (χ4n) is 4.62. The van der Waals surface area contributed by atoms with Crippen molar-refractivity contribution in [2.24, 2.45) is 0 Å². The lowest BCUT2D eigenvalue weighted by atomic mass is 9.92. The van der Waals surface area contributed by atoms with Crippen LogP contribution in [0.3, 0.4) is 0 Å². The van der Waals surface area contributed by atoms with Gasteiger partial charge in [0.2, 0.25) is 0 Å². The summed E-state index contributed by atoms with van der Waals surface area (Å²) in [5.74, 6) is 1.71. The van der Waals surface area contributed by atoms with Gasteiger partial charge < -0.3 is 19.7 Å². The van der Waals surface area contributed by atoms with Crippen LogP contribution in [0.1, 0.15) is 31.6 Å². The number of benzene rings is 1. The SMILES string of the molecule is Cc1nc2cc(O)c(-c3ccc4nc(N5CC[C@H](NC6CCC6)C5)ccc4n3)cc2o1. The van der Waals surface area contributed by atoms with Crippen molar-refractivity contribution in [2.75, 3.05) is 18.0 Å². The summed E-state index contributed by atoms with van der Waals surface area (Å²) in [6.07, 6.45) is 5.16. The number of nitrogens with zero attached hydrogens (tertiary/aromatic N) is 4. The van der Waals surface area contributed by atoms with Crippen LogP contribution in [-0.4, -0.2) is 45.2 Å². The highest BCUT2D eigenvalue weighted by Gasteiger charge is 2.27. The molecule has 158 valence electrons. The number of fused-ring (bicyclic) bond motifs is 2. The quantitative estimate of drug-likeness (QED) is 0.517. The normalized spacial score (nSPS) is 19.4. The molecule has 6 rings (SSSR count). The average Bonchev–Trinajstić information content (AvgIpc) is 3.35. The number of hydrogen-bond donors (Lipinski definition) is 2. The average molecular weight is 415 g/mol. The van der Waals surface area contributed by atoms with Crippen LogP contribution < -0.4 is 10.2 Å². The van der Waals surface area contributed by atoms with Crippen molar-refractivity contribution in [3.63, 3.8) is 0 Å². The molecule has 4 aromatic rings. The Bertz CT molecular complexity index is 1280. The first-order valence-corrected chi connectivity index (χ1v) is 11.0. The Morgan fingerprint density at radius 3 is 2.65 bits per heavy atom. The number of phenols is 1. The lowest BCUT2D eigenvalue weighted by Gasteiger charge is -2.30. The number of nitrogens with one attached hydrogen (secondary N) is 1. The van der Waals surface area contributed by atoms with Crippen LogP contribution in [0.15, 0.2) is 40.8 Å². The number of anilines is 1. The molecule has 2 N–H and O–H groups in total. The van der Waals surface area contributed by atoms with E-state index in [4.69, 9.17) is 14.4 Å². The molecule has 0 amide bonds. The first kappa shape index (κ1) is 18.6. The zero-order valence-electron chi connectivity index (χ0n) is 17.5. The van der Waals surface area contributed by atoms with Gasteiger partial charge in [-0.3, -0.25) is 0 Å². The van der Waals surface area contributed by atoms with E-state index in [0.717, 1.165) is 36.4 Å². The highest BCUT2D eigenvalue weighted by Crippen LogP contribution is 2.33. The van der Waals surface area contributed by atoms with Gasteiger partial charge in [0, 0.05) is 43.7 Å². The van der Waals surface area contributed by atoms with Crippen molar-refractivity contribution >= 4 is 28.0 Å². The maximum atomic E-state index is 10.5. The summed E-state index contributed by atoms with van der Waals surface area (Å²) in [6.45, 7) is 3.82. The Balaban J connectivity index is 1.27. The van der Waals surface area contributed by atoms with Crippen molar-refractivity contribution in [3.8, 4) is 17.0 Å². The number of rotatable bonds is 4. The number of aromatic nitrogens is 3. The summed E-state index contributed by atoms with van der Waals surface area (Å²) >= 11 is 0. The van der Waals surface area contributed by atoms with Gasteiger partial charge in [0.15, 0.2) is 11.5 Å². The molecule has 1 atom stereocenters. The third-order valence-electron chi connectivity index (χ3n) is 6.51. The summed E-state index contributed by atoms with van der Waals surface area (Å²) in [5.41, 5.74) is 4.24. The van der Waals surface area contributed by atoms with Crippen LogP contribution in [-0.2, 0) is 0 Å². The Kier molecular flexibility index (Phi) is 4.31. The van der Waals surface area contributed by atoms with Crippen molar-refractivity contribution in [1.82, 2.24) is 20.3 Å². The Morgan fingerprint density at radius 1 is 0.968 bits per heavy atom. The van der Waals surface area contributed by atoms with Crippen LogP contribution in [0.5, 0.6) is 5.75 Å². The summed E-state index contributed by atoms with van der Waals surface area (Å²) in [7, 11) is 0. The fraction of sp³-hybridized carbons (Fsp3) is 0.375. The Morgan fingerprint density at radius 2 is 1.81 bits per heavy atom. The predicted molar refractivity (Wildman–Crippen MR) is 120 cm³/mol. The van der Waals surface area contributed by atoms with E-state index in [0.29, 0.717) is 40.3 Å². The number of hydrogen-bond acceptors (Lipinski definition) is 7. The van der Waals surface area contributed by atoms with Gasteiger partial charge in [-0.1, -0.05) is 6.42 Å². The lowest BCUT2D eigenvalue weighted by molar-refractivity contribution is 0.311. The summed E-state index contributed by atoms with van der Waals surface area (Å²) in [6, 6.07) is 12.6. The number of oxazole rings is 1. The third kappa shape index (κ3) is 3.39. The molecule has 7 heteroatoms. The number of pyridine rings is 2. The number of aryl methyl sites for hydroxylation is 1. The van der Waals surface area contributed by atoms with Gasteiger partial charge in [-0.2, -0.15) is 0 Å². The van der Waals surface area contributed by atoms with E-state index in [1.807, 2.05) is 24.3 Å². The monoisotopic (exact) mass is 415 g/mol. The second-order valence-electron chi connectivity index (χ2n) is 8.70. The van der Waals surface area contributed by atoms with Crippen molar-refractivity contribution < 1.29 is 9.52 Å². The molecule has 2 fully saturated rings. The van der Waals surface area contributed by atoms with Gasteiger partial charge in [-0.05, 0) is 49.6 Å². The van der Waals surface area contributed by atoms with Crippen LogP contribution in [0.2, 0.25) is 0 Å². The molecule has 0 radical (unpaired) electrons. The molecule has 1 aliphatic heterocycles. The fourth-order valence-corrected chi connectivity index (χ4v) is 4.62. The second kappa shape index (κ2) is 7.20. The van der Waals surface area contributed by atoms with E-state index in [1.165, 1.54) is 19.3 Å². The Labute approximate surface area is 180 Å². The van der Waals surface area contributed by atoms with Crippen molar-refractivity contribution in [2.45, 2.75) is 44.7 Å². The van der Waals surface area contributed by atoms with Gasteiger partial charge >= 0.3 is 0 Å². The molecule has 2 aliphatic rings. The minimum Gasteiger partial charge on any atom is -0.507 e. The standard InChI is InChI=1S/C24H25N5O2/c1-14-25-21-12-22(30)17(11-23(21)31-14)18-5-6-20-19(27-18)7-8-24(28-20)29-10-9-16(13-29)26-15-3-2-4-15/h5-8,11-12,15-16,26,30H,2-4,9-10,13H2,1H3/t16-/m0/s1. The maximum Gasteiger partial charge on any atom is 0.192 e. The smallest absolute Gasteiger partial charge is 0.192 e. The molecule has 1 saturated carbocycles. The zero-order valence-corrected chi connectivity index (χ0v) is 17.5. The number of phenolic OH excluding ortho intramolecular Hbond substituents is 1. The molecule has 4 heterocycles. The predicted octanol–water partition coefficient (Wildman–Crippen LogP) is 4.17. The van der Waals surface area contributed by atoms with Crippen molar-refractivity contribution in [1.29, 1.82) is 0 Å². The van der Waals surface area contributed by atoms with E-state index in [-0.39, 0.29) is 5.75 Å². The molecule has 1 aliphatic carbocycles. The van der Waals surface area contributed by atoms with E-state index in [2.05, 4.69) is 15.2 Å². The molecule has 0 bridgehead atoms. The molecule has 31 heavy (non-hydrogen) atoms. The highest BCUT2D eigenvalue weighted by molar-refractivity contribution is 5.86. The van der Waals surface area contributed by atoms with Gasteiger partial charge in [0.25, 0.3) is 0 Å². The third-order valence-corrected chi connectivity index (χ3v) is 6.51. The second-order valence-corrected chi connectivity index (χ2v) is 8.70. The van der Waals surface area contributed by atoms with Crippen LogP contribution in [0.4, 0.5) is 5.82 Å². The van der Waals surface area contributed by atoms with E-state index < -0.39 is 0 Å². The van der Waals surface area contributed by atoms with Gasteiger partial charge in [0.1, 0.15) is 17.1 Å². The topological polar surface area (TPSA) is 87.3 Å². The van der Waals surface area contributed by atoms with E-state index in [9.17, 15) is 5.11 Å². The van der Waals surface area contributed by atoms with E-state index >= 15 is 0 Å². The van der Waals surface area contributed by atoms with Crippen LogP contribution in [0, 0.1) is 6.92 Å². The molecule has 0 unspecified atom stereocenters. The summed E-state index contributed by atoms with van der Waals surface area (Å²) in [5, 5.41) is 14.3. The first-order valence-electron chi connectivity index (χ1n) is 11.0. The molecule has 0 spiro atoms. The highest BCUT2D eigenvalue weighted by atomic mass is 16.3. The summed E-state index contributed by atoms with van der Waals surface area (Å²) in [4.78, 5) is 16.2. The molecule has 3 aromatic heterocycles. The van der Waals surface area contributed by atoms with Gasteiger partial charge in [-0.25, -0.2) is 15.0 Å². The number of aromatic hydroxyl groups is 1. The molecule has 1 saturated heterocycles. The molecule has 7 nitrogen and oxygen atoms in total. The maximum absolute atomic E-state index is 10.5. The lowest BCUT2D eigenvalue weighted by Crippen LogP contribution is -2.43. The zero-order chi connectivity index (χ0) is 20.9. The van der Waals surface area contributed by atoms with Gasteiger partial charge in [0.05, 0.1) is 16.7 Å².